The zero-order valence-corrected chi connectivity index (χ0v) is 18.9. The van der Waals surface area contributed by atoms with Crippen molar-refractivity contribution in [2.75, 3.05) is 10.6 Å². The molecule has 4 N–H and O–H groups in total. The van der Waals surface area contributed by atoms with E-state index in [9.17, 15) is 14.9 Å². The second-order valence-corrected chi connectivity index (χ2v) is 8.12. The Morgan fingerprint density at radius 2 is 1.74 bits per heavy atom. The van der Waals surface area contributed by atoms with Gasteiger partial charge in [0.2, 0.25) is 5.95 Å². The normalized spacial score (nSPS) is 10.6. The van der Waals surface area contributed by atoms with Crippen molar-refractivity contribution in [2.45, 2.75) is 0 Å². The van der Waals surface area contributed by atoms with Crippen molar-refractivity contribution < 1.29 is 4.79 Å². The van der Waals surface area contributed by atoms with Gasteiger partial charge in [-0.25, -0.2) is 4.98 Å². The molecular weight excluding hydrogens is 464 g/mol. The van der Waals surface area contributed by atoms with E-state index in [1.807, 2.05) is 30.3 Å². The summed E-state index contributed by atoms with van der Waals surface area (Å²) < 4.78 is 0. The number of nitrogens with zero attached hydrogens (tertiary/aromatic N) is 2. The van der Waals surface area contributed by atoms with Crippen LogP contribution in [0.1, 0.15) is 16.1 Å². The summed E-state index contributed by atoms with van der Waals surface area (Å²) in [7, 11) is 0. The number of rotatable bonds is 5. The first-order valence-electron chi connectivity index (χ1n) is 10.6. The van der Waals surface area contributed by atoms with E-state index in [0.717, 1.165) is 10.9 Å². The highest BCUT2D eigenvalue weighted by molar-refractivity contribution is 6.30. The Hall–Kier alpha value is -4.87. The molecule has 8 nitrogen and oxygen atoms in total. The average molecular weight is 481 g/mol. The van der Waals surface area contributed by atoms with Gasteiger partial charge in [0.15, 0.2) is 0 Å². The first kappa shape index (κ1) is 21.9. The molecule has 0 radical (unpaired) electrons. The highest BCUT2D eigenvalue weighted by Gasteiger charge is 2.15. The Kier molecular flexibility index (Phi) is 5.75. The van der Waals surface area contributed by atoms with Crippen LogP contribution in [0, 0.1) is 11.3 Å². The quantitative estimate of drug-likeness (QED) is 0.266. The van der Waals surface area contributed by atoms with E-state index in [0.29, 0.717) is 27.7 Å². The molecule has 2 aromatic heterocycles. The molecule has 9 heteroatoms. The summed E-state index contributed by atoms with van der Waals surface area (Å²) in [5.41, 5.74) is 2.40. The van der Waals surface area contributed by atoms with Crippen molar-refractivity contribution >= 4 is 45.7 Å². The van der Waals surface area contributed by atoms with Crippen molar-refractivity contribution in [3.05, 3.63) is 105 Å². The van der Waals surface area contributed by atoms with Gasteiger partial charge >= 0.3 is 0 Å². The minimum absolute atomic E-state index is 0.134. The van der Waals surface area contributed by atoms with E-state index < -0.39 is 5.56 Å². The summed E-state index contributed by atoms with van der Waals surface area (Å²) in [5.74, 6) is -0.151. The Labute approximate surface area is 204 Å². The van der Waals surface area contributed by atoms with Gasteiger partial charge in [-0.1, -0.05) is 41.9 Å². The van der Waals surface area contributed by atoms with Gasteiger partial charge in [-0.3, -0.25) is 14.6 Å². The van der Waals surface area contributed by atoms with Crippen LogP contribution in [0.25, 0.3) is 22.2 Å². The van der Waals surface area contributed by atoms with E-state index in [2.05, 4.69) is 25.6 Å². The molecule has 0 saturated carbocycles. The zero-order valence-electron chi connectivity index (χ0n) is 18.1. The number of aromatic amines is 2. The molecule has 0 aliphatic carbocycles. The van der Waals surface area contributed by atoms with E-state index in [4.69, 9.17) is 11.6 Å². The fraction of sp³-hybridized carbons (Fsp3) is 0. The molecule has 0 fully saturated rings. The van der Waals surface area contributed by atoms with Crippen LogP contribution in [0.2, 0.25) is 5.02 Å². The summed E-state index contributed by atoms with van der Waals surface area (Å²) in [6.07, 6.45) is 0. The van der Waals surface area contributed by atoms with Gasteiger partial charge in [-0.15, -0.1) is 0 Å². The van der Waals surface area contributed by atoms with Gasteiger partial charge in [0.1, 0.15) is 17.3 Å². The lowest BCUT2D eigenvalue weighted by Crippen LogP contribution is -2.16. The second-order valence-electron chi connectivity index (χ2n) is 7.69. The zero-order chi connectivity index (χ0) is 24.4. The third-order valence-electron chi connectivity index (χ3n) is 5.31. The second kappa shape index (κ2) is 9.17. The smallest absolute Gasteiger partial charge is 0.272 e. The molecule has 2 heterocycles. The standard InChI is InChI=1S/C26H17ClN6O2/c27-17-8-10-18(11-9-17)30-26-32-23(20(14-28)24(34)33-26)16-5-3-6-19(12-16)29-25(35)22-13-15-4-1-2-7-21(15)31-22/h1-13,31H,(H,29,35)(H2,30,32,33,34). The van der Waals surface area contributed by atoms with Crippen molar-refractivity contribution in [1.29, 1.82) is 5.26 Å². The molecular formula is C26H17ClN6O2. The van der Waals surface area contributed by atoms with Crippen molar-refractivity contribution in [3.8, 4) is 17.3 Å². The molecule has 0 saturated heterocycles. The van der Waals surface area contributed by atoms with Gasteiger partial charge in [-0.05, 0) is 48.5 Å². The fourth-order valence-corrected chi connectivity index (χ4v) is 3.78. The van der Waals surface area contributed by atoms with Crippen LogP contribution in [0.15, 0.2) is 83.7 Å². The number of carbonyl (C=O) groups is 1. The summed E-state index contributed by atoms with van der Waals surface area (Å²) in [4.78, 5) is 35.5. The molecule has 0 aliphatic rings. The maximum absolute atomic E-state index is 12.8. The number of aromatic nitrogens is 3. The molecule has 35 heavy (non-hydrogen) atoms. The maximum atomic E-state index is 12.8. The van der Waals surface area contributed by atoms with Crippen LogP contribution in [-0.4, -0.2) is 20.9 Å². The number of hydrogen-bond acceptors (Lipinski definition) is 5. The number of amides is 1. The SMILES string of the molecule is N#Cc1c(-c2cccc(NC(=O)c3cc4ccccc4[nH]3)c2)nc(Nc2ccc(Cl)cc2)[nH]c1=O. The number of H-pyrrole nitrogens is 2. The van der Waals surface area contributed by atoms with Crippen molar-refractivity contribution in [1.82, 2.24) is 15.0 Å². The highest BCUT2D eigenvalue weighted by Crippen LogP contribution is 2.25. The molecule has 0 bridgehead atoms. The van der Waals surface area contributed by atoms with Gasteiger partial charge in [0.25, 0.3) is 11.5 Å². The van der Waals surface area contributed by atoms with E-state index in [-0.39, 0.29) is 23.1 Å². The minimum Gasteiger partial charge on any atom is -0.351 e. The third kappa shape index (κ3) is 4.62. The molecule has 0 aliphatic heterocycles. The maximum Gasteiger partial charge on any atom is 0.272 e. The lowest BCUT2D eigenvalue weighted by molar-refractivity contribution is 0.102. The summed E-state index contributed by atoms with van der Waals surface area (Å²) in [6.45, 7) is 0. The number of anilines is 3. The van der Waals surface area contributed by atoms with Crippen LogP contribution < -0.4 is 16.2 Å². The predicted octanol–water partition coefficient (Wildman–Crippen LogP) is 5.44. The van der Waals surface area contributed by atoms with Crippen molar-refractivity contribution in [2.24, 2.45) is 0 Å². The van der Waals surface area contributed by atoms with Crippen LogP contribution in [-0.2, 0) is 0 Å². The number of nitrogens with one attached hydrogen (secondary N) is 4. The van der Waals surface area contributed by atoms with Gasteiger partial charge in [-0.2, -0.15) is 5.26 Å². The first-order valence-corrected chi connectivity index (χ1v) is 10.9. The molecule has 1 amide bonds. The molecule has 170 valence electrons. The van der Waals surface area contributed by atoms with E-state index in [1.165, 1.54) is 0 Å². The Bertz CT molecular complexity index is 1630. The van der Waals surface area contributed by atoms with E-state index >= 15 is 0 Å². The minimum atomic E-state index is -0.582. The molecule has 5 rings (SSSR count). The molecule has 5 aromatic rings. The lowest BCUT2D eigenvalue weighted by Gasteiger charge is -2.10. The number of nitriles is 1. The lowest BCUT2D eigenvalue weighted by atomic mass is 10.1. The number of hydrogen-bond donors (Lipinski definition) is 4. The highest BCUT2D eigenvalue weighted by atomic mass is 35.5. The van der Waals surface area contributed by atoms with Crippen LogP contribution in [0.4, 0.5) is 17.3 Å². The topological polar surface area (TPSA) is 126 Å². The van der Waals surface area contributed by atoms with Crippen LogP contribution in [0.3, 0.4) is 0 Å². The predicted molar refractivity (Wildman–Crippen MR) is 136 cm³/mol. The Morgan fingerprint density at radius 3 is 2.51 bits per heavy atom. The summed E-state index contributed by atoms with van der Waals surface area (Å²) >= 11 is 5.93. The molecule has 0 atom stereocenters. The number of para-hydroxylation sites is 1. The van der Waals surface area contributed by atoms with E-state index in [1.54, 1.807) is 54.6 Å². The van der Waals surface area contributed by atoms with Crippen LogP contribution in [0.5, 0.6) is 0 Å². The number of carbonyl (C=O) groups excluding carboxylic acids is 1. The molecule has 0 unspecified atom stereocenters. The first-order chi connectivity index (χ1) is 17.0. The number of benzene rings is 3. The van der Waals surface area contributed by atoms with Gasteiger partial charge < -0.3 is 15.6 Å². The monoisotopic (exact) mass is 480 g/mol. The van der Waals surface area contributed by atoms with Crippen molar-refractivity contribution in [3.63, 3.8) is 0 Å². The van der Waals surface area contributed by atoms with Crippen LogP contribution >= 0.6 is 11.6 Å². The summed E-state index contributed by atoms with van der Waals surface area (Å²) in [6, 6.07) is 25.0. The molecule has 0 spiro atoms. The fourth-order valence-electron chi connectivity index (χ4n) is 3.65. The summed E-state index contributed by atoms with van der Waals surface area (Å²) in [5, 5.41) is 16.9. The average Bonchev–Trinajstić information content (AvgIpc) is 3.30. The largest absolute Gasteiger partial charge is 0.351 e. The van der Waals surface area contributed by atoms with Gasteiger partial charge in [0.05, 0.1) is 5.69 Å². The number of halogens is 1. The Morgan fingerprint density at radius 1 is 0.943 bits per heavy atom. The third-order valence-corrected chi connectivity index (χ3v) is 5.56. The Balaban J connectivity index is 1.46. The van der Waals surface area contributed by atoms with Gasteiger partial charge in [0, 0.05) is 32.9 Å². The number of fused-ring (bicyclic) bond motifs is 1. The molecule has 3 aromatic carbocycles.